The fourth-order valence-corrected chi connectivity index (χ4v) is 0. The molecule has 8 nitrogen and oxygen atoms in total. The molecular formula is C4H16NNaO7. The molecule has 13 heavy (non-hydrogen) atoms. The Labute approximate surface area is 97.7 Å². The van der Waals surface area contributed by atoms with Gasteiger partial charge in [-0.3, -0.25) is 4.79 Å². The molecular weight excluding hydrogens is 197 g/mol. The third kappa shape index (κ3) is 23300. The van der Waals surface area contributed by atoms with E-state index in [1.165, 1.54) is 0 Å². The predicted molar refractivity (Wildman–Crippen MR) is 39.9 cm³/mol. The van der Waals surface area contributed by atoms with E-state index in [2.05, 4.69) is 0 Å². The van der Waals surface area contributed by atoms with Crippen molar-refractivity contribution in [2.24, 2.45) is 0 Å². The number of carboxylic acids is 2. The monoisotopic (exact) mass is 213 g/mol. The minimum absolute atomic E-state index is 0. The zero-order valence-corrected chi connectivity index (χ0v) is 9.88. The van der Waals surface area contributed by atoms with Crippen LogP contribution in [0.3, 0.4) is 0 Å². The molecule has 0 aromatic rings. The molecule has 0 rings (SSSR count). The quantitative estimate of drug-likeness (QED) is 0.375. The van der Waals surface area contributed by atoms with E-state index >= 15 is 0 Å². The van der Waals surface area contributed by atoms with Crippen molar-refractivity contribution in [3.05, 3.63) is 0 Å². The first-order valence-electron chi connectivity index (χ1n) is 1.84. The second-order valence-electron chi connectivity index (χ2n) is 1.01. The van der Waals surface area contributed by atoms with Crippen LogP contribution in [0.1, 0.15) is 13.8 Å². The average molecular weight is 213 g/mol. The third-order valence-electron chi connectivity index (χ3n) is 0. The maximum atomic E-state index is 9.00. The van der Waals surface area contributed by atoms with E-state index in [1.54, 1.807) is 0 Å². The Balaban J connectivity index is -0.00000000800. The molecule has 9 heteroatoms. The topological polar surface area (TPSA) is 207 Å². The van der Waals surface area contributed by atoms with Gasteiger partial charge in [-0.25, -0.2) is 0 Å². The third-order valence-corrected chi connectivity index (χ3v) is 0. The molecule has 0 spiro atoms. The fourth-order valence-electron chi connectivity index (χ4n) is 0. The van der Waals surface area contributed by atoms with Gasteiger partial charge >= 0.3 is 29.6 Å². The van der Waals surface area contributed by atoms with Gasteiger partial charge in [0, 0.05) is 12.9 Å². The molecule has 0 heterocycles. The normalized spacial score (nSPS) is 3.85. The fraction of sp³-hybridized carbons (Fsp3) is 0.500. The van der Waals surface area contributed by atoms with Crippen molar-refractivity contribution in [3.8, 4) is 0 Å². The van der Waals surface area contributed by atoms with Gasteiger partial charge in [0.1, 0.15) is 0 Å². The van der Waals surface area contributed by atoms with E-state index in [9.17, 15) is 0 Å². The summed E-state index contributed by atoms with van der Waals surface area (Å²) >= 11 is 0. The first kappa shape index (κ1) is 53.1. The predicted octanol–water partition coefficient (Wildman–Crippen LogP) is -6.46. The minimum atomic E-state index is -1.08. The van der Waals surface area contributed by atoms with Gasteiger partial charge in [0.15, 0.2) is 0 Å². The molecule has 0 fully saturated rings. The molecule has 0 unspecified atom stereocenters. The Kier molecular flexibility index (Phi) is 167. The van der Waals surface area contributed by atoms with Crippen LogP contribution < -0.4 is 40.8 Å². The first-order valence-corrected chi connectivity index (χ1v) is 1.84. The molecule has 80 valence electrons. The van der Waals surface area contributed by atoms with Crippen molar-refractivity contribution in [2.75, 3.05) is 0 Å². The number of rotatable bonds is 0. The van der Waals surface area contributed by atoms with Gasteiger partial charge in [-0.1, -0.05) is 0 Å². The second-order valence-corrected chi connectivity index (χ2v) is 1.01. The molecule has 0 aliphatic heterocycles. The van der Waals surface area contributed by atoms with Crippen LogP contribution in [0.4, 0.5) is 0 Å². The maximum Gasteiger partial charge on any atom is 1.00 e. The number of carbonyl (C=O) groups is 2. The van der Waals surface area contributed by atoms with Gasteiger partial charge in [0.25, 0.3) is 5.97 Å². The molecule has 0 radical (unpaired) electrons. The zero-order chi connectivity index (χ0) is 7.15. The number of carboxylic acid groups (broad SMARTS) is 2. The average Bonchev–Trinajstić information content (AvgIpc) is 1.25. The number of hydrogen-bond acceptors (Lipinski definition) is 4. The summed E-state index contributed by atoms with van der Waals surface area (Å²) in [5.41, 5.74) is 0. The molecule has 0 bridgehead atoms. The smallest absolute Gasteiger partial charge is 0.550 e. The van der Waals surface area contributed by atoms with Crippen molar-refractivity contribution in [1.29, 1.82) is 0 Å². The van der Waals surface area contributed by atoms with Crippen LogP contribution >= 0.6 is 0 Å². The Morgan fingerprint density at radius 1 is 1.08 bits per heavy atom. The van der Waals surface area contributed by atoms with Gasteiger partial charge < -0.3 is 37.6 Å². The summed E-state index contributed by atoms with van der Waals surface area (Å²) in [5, 5.41) is 16.3. The number of hydrogen-bond donors (Lipinski definition) is 2. The zero-order valence-electron chi connectivity index (χ0n) is 7.88. The minimum Gasteiger partial charge on any atom is -0.550 e. The summed E-state index contributed by atoms with van der Waals surface area (Å²) in [5.74, 6) is -1.92. The van der Waals surface area contributed by atoms with E-state index in [-0.39, 0.29) is 52.1 Å². The Bertz CT molecular complexity index is 78.5. The molecule has 10 N–H and O–H groups in total. The molecule has 0 aliphatic rings. The van der Waals surface area contributed by atoms with Crippen LogP contribution in [0, 0.1) is 0 Å². The van der Waals surface area contributed by atoms with Crippen LogP contribution in [-0.2, 0) is 9.59 Å². The van der Waals surface area contributed by atoms with Crippen LogP contribution in [0.25, 0.3) is 0 Å². The molecule has 0 saturated heterocycles. The first-order chi connectivity index (χ1) is 3.46. The van der Waals surface area contributed by atoms with Crippen LogP contribution in [0.5, 0.6) is 0 Å². The van der Waals surface area contributed by atoms with Crippen LogP contribution in [0.2, 0.25) is 0 Å². The Morgan fingerprint density at radius 2 is 1.08 bits per heavy atom. The Hall–Kier alpha value is -0.220. The SMILES string of the molecule is CC(=O)O.CC(=O)[O-].N.O.O.O.[Na+]. The largest absolute Gasteiger partial charge is 1.00 e. The number of aliphatic carboxylic acids is 2. The van der Waals surface area contributed by atoms with Crippen molar-refractivity contribution < 1.29 is 65.8 Å². The van der Waals surface area contributed by atoms with Crippen LogP contribution in [-0.4, -0.2) is 33.5 Å². The molecule has 0 amide bonds. The maximum absolute atomic E-state index is 9.00. The van der Waals surface area contributed by atoms with E-state index < -0.39 is 11.9 Å². The summed E-state index contributed by atoms with van der Waals surface area (Å²) in [6.45, 7) is 2.06. The van der Waals surface area contributed by atoms with E-state index in [0.717, 1.165) is 13.8 Å². The van der Waals surface area contributed by atoms with Crippen LogP contribution in [0.15, 0.2) is 0 Å². The van der Waals surface area contributed by atoms with Gasteiger partial charge in [0.05, 0.1) is 0 Å². The molecule has 0 aliphatic carbocycles. The molecule has 0 atom stereocenters. The second kappa shape index (κ2) is 41.0. The van der Waals surface area contributed by atoms with Crippen molar-refractivity contribution in [3.63, 3.8) is 0 Å². The summed E-state index contributed by atoms with van der Waals surface area (Å²) < 4.78 is 0. The van der Waals surface area contributed by atoms with E-state index in [4.69, 9.17) is 19.8 Å². The van der Waals surface area contributed by atoms with Gasteiger partial charge in [-0.2, -0.15) is 0 Å². The van der Waals surface area contributed by atoms with Crippen molar-refractivity contribution in [1.82, 2.24) is 6.15 Å². The van der Waals surface area contributed by atoms with Crippen molar-refractivity contribution >= 4 is 11.9 Å². The number of carbonyl (C=O) groups excluding carboxylic acids is 1. The molecule has 0 aromatic heterocycles. The summed E-state index contributed by atoms with van der Waals surface area (Å²) in [4.78, 5) is 17.9. The van der Waals surface area contributed by atoms with Gasteiger partial charge in [-0.05, 0) is 6.92 Å². The summed E-state index contributed by atoms with van der Waals surface area (Å²) in [6.07, 6.45) is 0. The molecule has 0 saturated carbocycles. The van der Waals surface area contributed by atoms with Gasteiger partial charge in [0.2, 0.25) is 0 Å². The molecule has 0 aromatic carbocycles. The Morgan fingerprint density at radius 3 is 1.08 bits per heavy atom. The van der Waals surface area contributed by atoms with E-state index in [1.807, 2.05) is 0 Å². The van der Waals surface area contributed by atoms with Gasteiger partial charge in [-0.15, -0.1) is 0 Å². The summed E-state index contributed by atoms with van der Waals surface area (Å²) in [7, 11) is 0. The summed E-state index contributed by atoms with van der Waals surface area (Å²) in [6, 6.07) is 0. The standard InChI is InChI=1S/2C2H4O2.H3N.Na.3H2O/c2*1-2(3)4;;;;;/h2*1H3,(H,3,4);1H3;;3*1H2/q;;;+1;;;/p-1. The van der Waals surface area contributed by atoms with Crippen molar-refractivity contribution in [2.45, 2.75) is 13.8 Å². The van der Waals surface area contributed by atoms with E-state index in [0.29, 0.717) is 0 Å².